The van der Waals surface area contributed by atoms with Crippen LogP contribution in [0.1, 0.15) is 0 Å². The molecule has 0 N–H and O–H groups in total. The molecule has 0 aliphatic carbocycles. The van der Waals surface area contributed by atoms with E-state index in [1.165, 1.54) is 0 Å². The van der Waals surface area contributed by atoms with Crippen molar-refractivity contribution in [2.45, 2.75) is 0 Å². The number of hydrogen-bond acceptors (Lipinski definition) is 6. The third kappa shape index (κ3) is 5.72. The second-order valence-corrected chi connectivity index (χ2v) is 9.65. The minimum absolute atomic E-state index is 0. The van der Waals surface area contributed by atoms with Crippen molar-refractivity contribution in [2.75, 3.05) is 0 Å². The van der Waals surface area contributed by atoms with Gasteiger partial charge in [-0.3, -0.25) is 29.9 Å². The Kier molecular flexibility index (Phi) is 8.18. The number of pyridine rings is 6. The van der Waals surface area contributed by atoms with Crippen LogP contribution in [0.4, 0.5) is 0 Å². The maximum Gasteiger partial charge on any atom is 2.00 e. The van der Waals surface area contributed by atoms with Crippen LogP contribution in [0.15, 0.2) is 146 Å². The molecule has 0 unspecified atom stereocenters. The predicted molar refractivity (Wildman–Crippen MR) is 171 cm³/mol. The Hall–Kier alpha value is -5.36. The monoisotopic (exact) mass is 595 g/mol. The first-order valence-electron chi connectivity index (χ1n) is 13.6. The molecule has 203 valence electrons. The van der Waals surface area contributed by atoms with Gasteiger partial charge < -0.3 is 0 Å². The number of benzene rings is 3. The van der Waals surface area contributed by atoms with Gasteiger partial charge in [-0.2, -0.15) is 0 Å². The molecule has 0 saturated carbocycles. The van der Waals surface area contributed by atoms with Crippen LogP contribution >= 0.6 is 0 Å². The van der Waals surface area contributed by atoms with Crippen LogP contribution < -0.4 is 0 Å². The summed E-state index contributed by atoms with van der Waals surface area (Å²) >= 11 is 0. The minimum Gasteiger partial charge on any atom is -0.254 e. The van der Waals surface area contributed by atoms with E-state index < -0.39 is 0 Å². The molecule has 9 aromatic rings. The second-order valence-electron chi connectivity index (χ2n) is 9.65. The molecule has 7 heteroatoms. The van der Waals surface area contributed by atoms with Crippen molar-refractivity contribution in [1.82, 2.24) is 29.9 Å². The Balaban J connectivity index is 0.000000113. The molecule has 0 aliphatic heterocycles. The summed E-state index contributed by atoms with van der Waals surface area (Å²) in [5.41, 5.74) is 5.86. The summed E-state index contributed by atoms with van der Waals surface area (Å²) in [6, 6.07) is 36.4. The van der Waals surface area contributed by atoms with Crippen molar-refractivity contribution in [3.05, 3.63) is 146 Å². The Morgan fingerprint density at radius 3 is 0.558 bits per heavy atom. The summed E-state index contributed by atoms with van der Waals surface area (Å²) in [5, 5.41) is 6.83. The van der Waals surface area contributed by atoms with Crippen LogP contribution in [0.2, 0.25) is 0 Å². The van der Waals surface area contributed by atoms with Crippen molar-refractivity contribution < 1.29 is 17.1 Å². The number of aromatic nitrogens is 6. The zero-order valence-electron chi connectivity index (χ0n) is 22.9. The largest absolute Gasteiger partial charge is 2.00 e. The molecule has 1 radical (unpaired) electrons. The third-order valence-corrected chi connectivity index (χ3v) is 7.03. The quantitative estimate of drug-likeness (QED) is 0.130. The average molecular weight is 596 g/mol. The molecule has 9 rings (SSSR count). The van der Waals surface area contributed by atoms with Gasteiger partial charge in [-0.1, -0.05) is 72.8 Å². The zero-order valence-corrected chi connectivity index (χ0v) is 24.1. The number of nitrogens with zero attached hydrogens (tertiary/aromatic N) is 6. The third-order valence-electron chi connectivity index (χ3n) is 7.03. The topological polar surface area (TPSA) is 77.3 Å². The fraction of sp³-hybridized carbons (Fsp3) is 0. The number of rotatable bonds is 0. The van der Waals surface area contributed by atoms with Crippen LogP contribution in [0.25, 0.3) is 65.4 Å². The average Bonchev–Trinajstić information content (AvgIpc) is 3.09. The molecule has 0 atom stereocenters. The van der Waals surface area contributed by atoms with Gasteiger partial charge in [-0.25, -0.2) is 0 Å². The Labute approximate surface area is 258 Å². The maximum atomic E-state index is 4.35. The zero-order chi connectivity index (χ0) is 28.1. The predicted octanol–water partition coefficient (Wildman–Crippen LogP) is 8.35. The van der Waals surface area contributed by atoms with Gasteiger partial charge in [0.05, 0.1) is 33.1 Å². The molecule has 3 aromatic carbocycles. The molecular formula is C36H24MnN6+2. The van der Waals surface area contributed by atoms with Gasteiger partial charge >= 0.3 is 17.1 Å². The van der Waals surface area contributed by atoms with Gasteiger partial charge in [-0.05, 0) is 36.4 Å². The summed E-state index contributed by atoms with van der Waals surface area (Å²) in [6.07, 6.45) is 10.8. The molecule has 6 aromatic heterocycles. The normalized spacial score (nSPS) is 10.6. The summed E-state index contributed by atoms with van der Waals surface area (Å²) in [5.74, 6) is 0. The van der Waals surface area contributed by atoms with E-state index in [0.717, 1.165) is 65.4 Å². The van der Waals surface area contributed by atoms with Crippen molar-refractivity contribution in [3.8, 4) is 0 Å². The first-order valence-corrected chi connectivity index (χ1v) is 13.6. The van der Waals surface area contributed by atoms with E-state index in [9.17, 15) is 0 Å². The molecule has 43 heavy (non-hydrogen) atoms. The smallest absolute Gasteiger partial charge is 0.254 e. The maximum absolute atomic E-state index is 4.35. The minimum atomic E-state index is 0. The summed E-state index contributed by atoms with van der Waals surface area (Å²) in [6.45, 7) is 0. The van der Waals surface area contributed by atoms with Crippen molar-refractivity contribution in [1.29, 1.82) is 0 Å². The molecule has 0 fully saturated rings. The van der Waals surface area contributed by atoms with Gasteiger partial charge in [-0.15, -0.1) is 0 Å². The SMILES string of the molecule is [Mn+2].c1cnc2c(c1)ccc1cccnc12.c1cnc2c(c1)ccc1cccnc12.c1cnc2c(c1)ccc1cccnc12. The first-order chi connectivity index (χ1) is 20.8. The van der Waals surface area contributed by atoms with Crippen LogP contribution in [-0.2, 0) is 17.1 Å². The molecule has 0 amide bonds. The number of fused-ring (bicyclic) bond motifs is 9. The fourth-order valence-corrected chi connectivity index (χ4v) is 5.04. The van der Waals surface area contributed by atoms with Gasteiger partial charge in [0.2, 0.25) is 0 Å². The molecule has 6 heterocycles. The van der Waals surface area contributed by atoms with E-state index in [2.05, 4.69) is 103 Å². The van der Waals surface area contributed by atoms with E-state index in [1.807, 2.05) is 36.4 Å². The molecule has 0 saturated heterocycles. The molecule has 0 bridgehead atoms. The van der Waals surface area contributed by atoms with Gasteiger partial charge in [0.25, 0.3) is 0 Å². The van der Waals surface area contributed by atoms with E-state index >= 15 is 0 Å². The van der Waals surface area contributed by atoms with E-state index in [0.29, 0.717) is 0 Å². The summed E-state index contributed by atoms with van der Waals surface area (Å²) in [4.78, 5) is 26.1. The van der Waals surface area contributed by atoms with E-state index in [4.69, 9.17) is 0 Å². The standard InChI is InChI=1S/3C12H8N2.Mn/c3*1-3-9-5-6-10-4-2-8-14-12(10)11(9)13-7-1;/h3*1-8H;/q;;;+2. The molecular weight excluding hydrogens is 571 g/mol. The van der Waals surface area contributed by atoms with Crippen molar-refractivity contribution in [3.63, 3.8) is 0 Å². The summed E-state index contributed by atoms with van der Waals surface area (Å²) in [7, 11) is 0. The Morgan fingerprint density at radius 2 is 0.395 bits per heavy atom. The van der Waals surface area contributed by atoms with Crippen molar-refractivity contribution >= 4 is 65.4 Å². The Morgan fingerprint density at radius 1 is 0.233 bits per heavy atom. The van der Waals surface area contributed by atoms with Crippen LogP contribution in [-0.4, -0.2) is 29.9 Å². The van der Waals surface area contributed by atoms with E-state index in [-0.39, 0.29) is 17.1 Å². The van der Waals surface area contributed by atoms with Crippen molar-refractivity contribution in [2.24, 2.45) is 0 Å². The molecule has 0 spiro atoms. The Bertz CT molecular complexity index is 1910. The summed E-state index contributed by atoms with van der Waals surface area (Å²) < 4.78 is 0. The molecule has 0 aliphatic rings. The van der Waals surface area contributed by atoms with E-state index in [1.54, 1.807) is 37.2 Å². The van der Waals surface area contributed by atoms with Gasteiger partial charge in [0.15, 0.2) is 0 Å². The number of hydrogen-bond donors (Lipinski definition) is 0. The fourth-order valence-electron chi connectivity index (χ4n) is 5.04. The van der Waals surface area contributed by atoms with Crippen LogP contribution in [0.3, 0.4) is 0 Å². The van der Waals surface area contributed by atoms with Crippen LogP contribution in [0.5, 0.6) is 0 Å². The van der Waals surface area contributed by atoms with Gasteiger partial charge in [0.1, 0.15) is 0 Å². The second kappa shape index (κ2) is 12.7. The van der Waals surface area contributed by atoms with Crippen LogP contribution in [0, 0.1) is 0 Å². The first kappa shape index (κ1) is 27.8. The van der Waals surface area contributed by atoms with Gasteiger partial charge in [0, 0.05) is 69.5 Å². The molecule has 6 nitrogen and oxygen atoms in total.